The number of thioether (sulfide) groups is 2. The third kappa shape index (κ3) is 4.28. The molecule has 35 heavy (non-hydrogen) atoms. The van der Waals surface area contributed by atoms with Crippen LogP contribution in [-0.4, -0.2) is 153 Å². The van der Waals surface area contributed by atoms with Gasteiger partial charge in [0.2, 0.25) is 10.9 Å². The summed E-state index contributed by atoms with van der Waals surface area (Å²) in [6.45, 7) is 9.54. The van der Waals surface area contributed by atoms with Crippen molar-refractivity contribution in [2.75, 3.05) is 107 Å². The Kier molecular flexibility index (Phi) is 8.36. The normalized spacial score (nSPS) is 37.4. The van der Waals surface area contributed by atoms with Gasteiger partial charge in [0, 0.05) is 94.2 Å². The number of carbonyl (C=O) groups excluding carboxylic acids is 3. The molecule has 5 fully saturated rings. The summed E-state index contributed by atoms with van der Waals surface area (Å²) in [4.78, 5) is 48.2. The molecule has 0 radical (unpaired) electrons. The highest BCUT2D eigenvalue weighted by molar-refractivity contribution is 8.55. The van der Waals surface area contributed by atoms with E-state index in [9.17, 15) is 9.59 Å². The molecule has 10 nitrogen and oxygen atoms in total. The summed E-state index contributed by atoms with van der Waals surface area (Å²) in [7, 11) is -2.66. The number of nitrogens with one attached hydrogen (secondary N) is 1. The number of nitrogens with zero attached hydrogens (tertiary/aromatic N) is 5. The van der Waals surface area contributed by atoms with Crippen LogP contribution in [0.15, 0.2) is 0 Å². The smallest absolute Gasteiger partial charge is 0.318 e. The van der Waals surface area contributed by atoms with E-state index in [4.69, 9.17) is 4.74 Å². The minimum atomic E-state index is -2.66. The molecule has 0 aromatic heterocycles. The molecule has 0 aliphatic carbocycles. The van der Waals surface area contributed by atoms with Crippen LogP contribution in [0.3, 0.4) is 0 Å². The van der Waals surface area contributed by atoms with Crippen LogP contribution in [0.1, 0.15) is 6.92 Å². The zero-order chi connectivity index (χ0) is 24.5. The molecule has 5 rings (SSSR count). The van der Waals surface area contributed by atoms with Gasteiger partial charge in [-0.2, -0.15) is 23.5 Å². The number of hydrogen-bond donors (Lipinski definition) is 1. The fourth-order valence-corrected chi connectivity index (χ4v) is 11.3. The van der Waals surface area contributed by atoms with Gasteiger partial charge < -0.3 is 10.1 Å². The van der Waals surface area contributed by atoms with Gasteiger partial charge in [0.15, 0.2) is 0 Å². The standard InChI is InChI=1S/C22H38N6O4S3/c1-2-35(27-5-3-23-4-6-27)20(30)19(29)28(26-11-17-34-18-12-26)22(21(35)31,24-7-13-32-14-8-24)25-9-15-33-16-10-25/h23H,2-18H2,1H3. The van der Waals surface area contributed by atoms with Crippen LogP contribution in [0.5, 0.6) is 0 Å². The minimum absolute atomic E-state index is 0.0500. The van der Waals surface area contributed by atoms with E-state index in [1.54, 1.807) is 5.01 Å². The van der Waals surface area contributed by atoms with E-state index < -0.39 is 27.0 Å². The lowest BCUT2D eigenvalue weighted by molar-refractivity contribution is -0.238. The van der Waals surface area contributed by atoms with E-state index in [-0.39, 0.29) is 5.12 Å². The lowest BCUT2D eigenvalue weighted by Crippen LogP contribution is -2.84. The summed E-state index contributed by atoms with van der Waals surface area (Å²) < 4.78 is 7.79. The largest absolute Gasteiger partial charge is 0.379 e. The molecule has 5 aliphatic rings. The maximum Gasteiger partial charge on any atom is 0.318 e. The first-order valence-electron chi connectivity index (χ1n) is 12.8. The number of morpholine rings is 1. The predicted octanol–water partition coefficient (Wildman–Crippen LogP) is -0.475. The molecule has 1 amide bonds. The fourth-order valence-electron chi connectivity index (χ4n) is 5.96. The van der Waals surface area contributed by atoms with E-state index in [1.165, 1.54) is 0 Å². The maximum absolute atomic E-state index is 15.3. The van der Waals surface area contributed by atoms with E-state index in [0.29, 0.717) is 58.2 Å². The van der Waals surface area contributed by atoms with Crippen molar-refractivity contribution in [3.63, 3.8) is 0 Å². The fraction of sp³-hybridized carbons (Fsp3) is 0.864. The van der Waals surface area contributed by atoms with Crippen molar-refractivity contribution in [1.29, 1.82) is 0 Å². The van der Waals surface area contributed by atoms with Crippen molar-refractivity contribution < 1.29 is 19.1 Å². The Bertz CT molecular complexity index is 795. The highest BCUT2D eigenvalue weighted by atomic mass is 32.3. The van der Waals surface area contributed by atoms with Gasteiger partial charge in [-0.05, 0) is 0 Å². The molecule has 2 unspecified atom stereocenters. The third-order valence-corrected chi connectivity index (χ3v) is 13.3. The molecule has 0 saturated carbocycles. The highest BCUT2D eigenvalue weighted by Crippen LogP contribution is 2.61. The first-order chi connectivity index (χ1) is 17.1. The molecule has 5 aliphatic heterocycles. The van der Waals surface area contributed by atoms with Crippen molar-refractivity contribution in [2.45, 2.75) is 12.7 Å². The van der Waals surface area contributed by atoms with Gasteiger partial charge in [-0.3, -0.25) is 28.5 Å². The average Bonchev–Trinajstić information content (AvgIpc) is 2.93. The van der Waals surface area contributed by atoms with Gasteiger partial charge in [0.1, 0.15) is 0 Å². The minimum Gasteiger partial charge on any atom is -0.379 e. The van der Waals surface area contributed by atoms with Crippen LogP contribution in [0.2, 0.25) is 0 Å². The molecular weight excluding hydrogens is 508 g/mol. The highest BCUT2D eigenvalue weighted by Gasteiger charge is 2.70. The molecule has 1 N–H and O–H groups in total. The van der Waals surface area contributed by atoms with Crippen LogP contribution >= 0.6 is 33.7 Å². The Morgan fingerprint density at radius 2 is 1.43 bits per heavy atom. The average molecular weight is 547 g/mol. The van der Waals surface area contributed by atoms with Crippen LogP contribution < -0.4 is 5.32 Å². The SMILES string of the molecule is CCS1(N2CCNCC2)C(=O)C(=O)N(N2CCSCC2)C(N2CCOCC2)(N2CCSCC2)C1=O. The Balaban J connectivity index is 1.70. The molecule has 0 bridgehead atoms. The summed E-state index contributed by atoms with van der Waals surface area (Å²) in [5.41, 5.74) is 0. The van der Waals surface area contributed by atoms with Crippen molar-refractivity contribution in [3.8, 4) is 0 Å². The first kappa shape index (κ1) is 26.2. The molecule has 5 saturated heterocycles. The Morgan fingerprint density at radius 3 is 2.03 bits per heavy atom. The van der Waals surface area contributed by atoms with Crippen LogP contribution in [0, 0.1) is 0 Å². The van der Waals surface area contributed by atoms with Crippen LogP contribution in [0.4, 0.5) is 0 Å². The number of hydrogen-bond acceptors (Lipinski definition) is 11. The zero-order valence-corrected chi connectivity index (χ0v) is 23.1. The predicted molar refractivity (Wildman–Crippen MR) is 142 cm³/mol. The number of ether oxygens (including phenoxy) is 1. The van der Waals surface area contributed by atoms with Crippen LogP contribution in [0.25, 0.3) is 0 Å². The van der Waals surface area contributed by atoms with Gasteiger partial charge in [-0.25, -0.2) is 10.0 Å². The molecule has 0 spiro atoms. The van der Waals surface area contributed by atoms with Crippen LogP contribution in [-0.2, 0) is 19.1 Å². The summed E-state index contributed by atoms with van der Waals surface area (Å²) >= 11 is 3.74. The Labute approximate surface area is 218 Å². The van der Waals surface area contributed by atoms with E-state index in [2.05, 4.69) is 19.4 Å². The molecule has 198 valence electrons. The van der Waals surface area contributed by atoms with E-state index in [0.717, 1.165) is 49.2 Å². The number of piperazine rings is 1. The molecule has 2 atom stereocenters. The molecular formula is C22H38N6O4S3. The number of rotatable bonds is 5. The van der Waals surface area contributed by atoms with Gasteiger partial charge >= 0.3 is 5.91 Å². The lowest BCUT2D eigenvalue weighted by atomic mass is 10.2. The second kappa shape index (κ2) is 11.2. The number of amides is 1. The Morgan fingerprint density at radius 1 is 0.857 bits per heavy atom. The van der Waals surface area contributed by atoms with Gasteiger partial charge in [0.05, 0.1) is 13.2 Å². The quantitative estimate of drug-likeness (QED) is 0.454. The summed E-state index contributed by atoms with van der Waals surface area (Å²) in [6.07, 6.45) is 0. The first-order valence-corrected chi connectivity index (χ1v) is 16.8. The monoisotopic (exact) mass is 546 g/mol. The van der Waals surface area contributed by atoms with Crippen molar-refractivity contribution >= 4 is 49.9 Å². The summed E-state index contributed by atoms with van der Waals surface area (Å²) in [5.74, 6) is 2.20. The zero-order valence-electron chi connectivity index (χ0n) is 20.6. The van der Waals surface area contributed by atoms with Crippen molar-refractivity contribution in [1.82, 2.24) is 29.4 Å². The summed E-state index contributed by atoms with van der Waals surface area (Å²) in [6, 6.07) is 0. The van der Waals surface area contributed by atoms with Crippen molar-refractivity contribution in [2.24, 2.45) is 0 Å². The summed E-state index contributed by atoms with van der Waals surface area (Å²) in [5, 5.41) is 6.48. The van der Waals surface area contributed by atoms with Gasteiger partial charge in [-0.15, -0.1) is 0 Å². The van der Waals surface area contributed by atoms with Gasteiger partial charge in [-0.1, -0.05) is 17.1 Å². The molecule has 0 aromatic rings. The van der Waals surface area contributed by atoms with Gasteiger partial charge in [0.25, 0.3) is 5.12 Å². The molecule has 13 heteroatoms. The second-order valence-electron chi connectivity index (χ2n) is 9.26. The second-order valence-corrected chi connectivity index (χ2v) is 15.0. The number of carbonyl (C=O) groups is 3. The van der Waals surface area contributed by atoms with E-state index in [1.807, 2.05) is 35.5 Å². The topological polar surface area (TPSA) is 88.7 Å². The van der Waals surface area contributed by atoms with E-state index >= 15 is 4.79 Å². The Hall–Kier alpha value is -0.380. The lowest BCUT2D eigenvalue weighted by Gasteiger charge is -2.64. The third-order valence-electron chi connectivity index (χ3n) is 7.66. The molecule has 0 aromatic carbocycles. The maximum atomic E-state index is 15.3. The number of hydrazine groups is 1. The molecule has 5 heterocycles. The van der Waals surface area contributed by atoms with Crippen molar-refractivity contribution in [3.05, 3.63) is 0 Å².